The molecule has 136 valence electrons. The van der Waals surface area contributed by atoms with Gasteiger partial charge in [0.25, 0.3) is 0 Å². The fourth-order valence-electron chi connectivity index (χ4n) is 2.26. The van der Waals surface area contributed by atoms with Gasteiger partial charge < -0.3 is 0 Å². The van der Waals surface area contributed by atoms with E-state index in [0.717, 1.165) is 12.1 Å². The summed E-state index contributed by atoms with van der Waals surface area (Å²) in [6.45, 7) is -0.379. The Bertz CT molecular complexity index is 1000. The van der Waals surface area contributed by atoms with Crippen LogP contribution in [0.15, 0.2) is 59.5 Å². The molecule has 1 N–H and O–H groups in total. The van der Waals surface area contributed by atoms with Crippen LogP contribution in [0.25, 0.3) is 5.69 Å². The largest absolute Gasteiger partial charge is 0.417 e. The van der Waals surface area contributed by atoms with Crippen molar-refractivity contribution < 1.29 is 21.6 Å². The highest BCUT2D eigenvalue weighted by atomic mass is 32.2. The van der Waals surface area contributed by atoms with Gasteiger partial charge in [0.15, 0.2) is 5.82 Å². The Kier molecular flexibility index (Phi) is 4.74. The summed E-state index contributed by atoms with van der Waals surface area (Å²) in [5, 5.41) is 10.9. The number of para-hydroxylation sites is 1. The number of benzene rings is 2. The maximum atomic E-state index is 13.0. The summed E-state index contributed by atoms with van der Waals surface area (Å²) in [4.78, 5) is -0.855. The van der Waals surface area contributed by atoms with E-state index >= 15 is 0 Å². The summed E-state index contributed by atoms with van der Waals surface area (Å²) in [6.07, 6.45) is -4.79. The summed E-state index contributed by atoms with van der Waals surface area (Å²) >= 11 is 0. The summed E-state index contributed by atoms with van der Waals surface area (Å²) in [6, 6.07) is 12.6. The molecule has 1 heterocycles. The quantitative estimate of drug-likeness (QED) is 0.729. The Labute approximate surface area is 146 Å². The first kappa shape index (κ1) is 18.0. The van der Waals surface area contributed by atoms with Gasteiger partial charge in [-0.15, -0.1) is 5.10 Å². The molecule has 0 aliphatic heterocycles. The van der Waals surface area contributed by atoms with Crippen molar-refractivity contribution >= 4 is 10.0 Å². The normalized spacial score (nSPS) is 12.3. The zero-order chi connectivity index (χ0) is 18.8. The minimum Gasteiger partial charge on any atom is -0.207 e. The van der Waals surface area contributed by atoms with E-state index in [2.05, 4.69) is 20.2 Å². The van der Waals surface area contributed by atoms with E-state index in [0.29, 0.717) is 11.8 Å². The third-order valence-corrected chi connectivity index (χ3v) is 4.90. The van der Waals surface area contributed by atoms with Crippen LogP contribution in [0.5, 0.6) is 0 Å². The van der Waals surface area contributed by atoms with Gasteiger partial charge in [-0.2, -0.15) is 17.9 Å². The maximum absolute atomic E-state index is 13.0. The molecule has 0 spiro atoms. The third kappa shape index (κ3) is 3.73. The average molecular weight is 383 g/mol. The second kappa shape index (κ2) is 6.84. The summed E-state index contributed by atoms with van der Waals surface area (Å²) < 4.78 is 67.3. The van der Waals surface area contributed by atoms with E-state index in [1.54, 1.807) is 30.3 Å². The van der Waals surface area contributed by atoms with E-state index in [4.69, 9.17) is 0 Å². The monoisotopic (exact) mass is 383 g/mol. The first-order chi connectivity index (χ1) is 12.3. The number of rotatable bonds is 5. The van der Waals surface area contributed by atoms with Crippen molar-refractivity contribution in [1.29, 1.82) is 0 Å². The number of alkyl halides is 3. The molecule has 0 unspecified atom stereocenters. The average Bonchev–Trinajstić information content (AvgIpc) is 3.09. The lowest BCUT2D eigenvalue weighted by Crippen LogP contribution is -2.27. The smallest absolute Gasteiger partial charge is 0.207 e. The molecule has 3 rings (SSSR count). The lowest BCUT2D eigenvalue weighted by atomic mass is 10.2. The fraction of sp³-hybridized carbons (Fsp3) is 0.133. The molecule has 0 fully saturated rings. The molecular formula is C15H12F3N5O2S. The van der Waals surface area contributed by atoms with Crippen LogP contribution in [0, 0.1) is 0 Å². The minimum absolute atomic E-state index is 0.129. The topological polar surface area (TPSA) is 89.8 Å². The zero-order valence-corrected chi connectivity index (χ0v) is 13.9. The van der Waals surface area contributed by atoms with Crippen molar-refractivity contribution in [1.82, 2.24) is 24.9 Å². The van der Waals surface area contributed by atoms with Gasteiger partial charge in [-0.1, -0.05) is 30.3 Å². The molecule has 0 bridgehead atoms. The standard InChI is InChI=1S/C15H12F3N5O2S/c16-15(17,18)12-8-4-5-9-13(12)26(24,25)19-10-14-20-21-22-23(14)11-6-2-1-3-7-11/h1-9,19H,10H2. The molecule has 0 saturated heterocycles. The summed E-state index contributed by atoms with van der Waals surface area (Å²) in [5.41, 5.74) is -0.655. The van der Waals surface area contributed by atoms with Gasteiger partial charge in [-0.3, -0.25) is 0 Å². The Balaban J connectivity index is 1.87. The number of nitrogens with zero attached hydrogens (tertiary/aromatic N) is 4. The van der Waals surface area contributed by atoms with Crippen molar-refractivity contribution in [2.75, 3.05) is 0 Å². The number of aromatic nitrogens is 4. The Hall–Kier alpha value is -2.79. The maximum Gasteiger partial charge on any atom is 0.417 e. The molecule has 1 aromatic heterocycles. The lowest BCUT2D eigenvalue weighted by molar-refractivity contribution is -0.139. The molecule has 0 atom stereocenters. The molecule has 0 saturated carbocycles. The molecule has 26 heavy (non-hydrogen) atoms. The first-order valence-electron chi connectivity index (χ1n) is 7.27. The van der Waals surface area contributed by atoms with Gasteiger partial charge in [0.2, 0.25) is 10.0 Å². The van der Waals surface area contributed by atoms with Gasteiger partial charge in [0.05, 0.1) is 22.7 Å². The predicted octanol–water partition coefficient (Wildman–Crippen LogP) is 2.16. The molecule has 11 heteroatoms. The SMILES string of the molecule is O=S(=O)(NCc1nnnn1-c1ccccc1)c1ccccc1C(F)(F)F. The highest BCUT2D eigenvalue weighted by Crippen LogP contribution is 2.33. The van der Waals surface area contributed by atoms with Crippen molar-refractivity contribution in [3.63, 3.8) is 0 Å². The Morgan fingerprint density at radius 2 is 1.65 bits per heavy atom. The van der Waals surface area contributed by atoms with Crippen LogP contribution in [-0.4, -0.2) is 28.6 Å². The number of sulfonamides is 1. The number of halogens is 3. The molecular weight excluding hydrogens is 371 g/mol. The van der Waals surface area contributed by atoms with Crippen LogP contribution >= 0.6 is 0 Å². The van der Waals surface area contributed by atoms with Crippen LogP contribution in [0.2, 0.25) is 0 Å². The van der Waals surface area contributed by atoms with E-state index in [9.17, 15) is 21.6 Å². The summed E-state index contributed by atoms with van der Waals surface area (Å²) in [7, 11) is -4.43. The van der Waals surface area contributed by atoms with E-state index in [1.165, 1.54) is 10.7 Å². The third-order valence-electron chi connectivity index (χ3n) is 3.44. The Morgan fingerprint density at radius 3 is 2.35 bits per heavy atom. The molecule has 0 amide bonds. The van der Waals surface area contributed by atoms with Crippen molar-refractivity contribution in [3.8, 4) is 5.69 Å². The van der Waals surface area contributed by atoms with Gasteiger partial charge in [0, 0.05) is 0 Å². The lowest BCUT2D eigenvalue weighted by Gasteiger charge is -2.13. The molecule has 0 aliphatic rings. The van der Waals surface area contributed by atoms with Crippen molar-refractivity contribution in [3.05, 3.63) is 66.0 Å². The Morgan fingerprint density at radius 1 is 1.00 bits per heavy atom. The second-order valence-electron chi connectivity index (χ2n) is 5.16. The number of hydrogen-bond donors (Lipinski definition) is 1. The zero-order valence-electron chi connectivity index (χ0n) is 13.1. The van der Waals surface area contributed by atoms with Crippen molar-refractivity contribution in [2.45, 2.75) is 17.6 Å². The van der Waals surface area contributed by atoms with Crippen molar-refractivity contribution in [2.24, 2.45) is 0 Å². The van der Waals surface area contributed by atoms with Crippen LogP contribution in [0.4, 0.5) is 13.2 Å². The van der Waals surface area contributed by atoms with Crippen LogP contribution in [-0.2, 0) is 22.7 Å². The highest BCUT2D eigenvalue weighted by molar-refractivity contribution is 7.89. The minimum atomic E-state index is -4.79. The van der Waals surface area contributed by atoms with Gasteiger partial charge in [-0.25, -0.2) is 13.1 Å². The van der Waals surface area contributed by atoms with Gasteiger partial charge in [-0.05, 0) is 34.7 Å². The van der Waals surface area contributed by atoms with Crippen LogP contribution in [0.3, 0.4) is 0 Å². The molecule has 2 aromatic carbocycles. The number of nitrogens with one attached hydrogen (secondary N) is 1. The van der Waals surface area contributed by atoms with Crippen LogP contribution in [0.1, 0.15) is 11.4 Å². The van der Waals surface area contributed by atoms with E-state index in [1.807, 2.05) is 0 Å². The highest BCUT2D eigenvalue weighted by Gasteiger charge is 2.36. The van der Waals surface area contributed by atoms with Gasteiger partial charge in [0.1, 0.15) is 0 Å². The fourth-order valence-corrected chi connectivity index (χ4v) is 3.46. The second-order valence-corrected chi connectivity index (χ2v) is 6.90. The summed E-state index contributed by atoms with van der Waals surface area (Å²) in [5.74, 6) is 0.129. The predicted molar refractivity (Wildman–Crippen MR) is 84.6 cm³/mol. The van der Waals surface area contributed by atoms with Gasteiger partial charge >= 0.3 is 6.18 Å². The molecule has 7 nitrogen and oxygen atoms in total. The first-order valence-corrected chi connectivity index (χ1v) is 8.76. The molecule has 0 radical (unpaired) electrons. The van der Waals surface area contributed by atoms with E-state index in [-0.39, 0.29) is 12.4 Å². The van der Waals surface area contributed by atoms with E-state index < -0.39 is 26.7 Å². The molecule has 0 aliphatic carbocycles. The number of tetrazole rings is 1. The number of hydrogen-bond acceptors (Lipinski definition) is 5. The molecule has 3 aromatic rings. The van der Waals surface area contributed by atoms with Crippen LogP contribution < -0.4 is 4.72 Å².